The van der Waals surface area contributed by atoms with E-state index in [1.54, 1.807) is 20.8 Å². The van der Waals surface area contributed by atoms with Crippen LogP contribution in [-0.2, 0) is 4.74 Å². The summed E-state index contributed by atoms with van der Waals surface area (Å²) in [5, 5.41) is 16.1. The average molecular weight is 378 g/mol. The zero-order chi connectivity index (χ0) is 16.9. The number of nitrogens with one attached hydrogen (secondary N) is 2. The maximum Gasteiger partial charge on any atom is 0.407 e. The van der Waals surface area contributed by atoms with Crippen molar-refractivity contribution in [2.45, 2.75) is 26.4 Å². The van der Waals surface area contributed by atoms with Gasteiger partial charge in [-0.05, 0) is 36.7 Å². The number of alkyl carbamates (subject to hydrolysis) is 1. The van der Waals surface area contributed by atoms with E-state index in [0.29, 0.717) is 0 Å². The summed E-state index contributed by atoms with van der Waals surface area (Å²) in [5.41, 5.74) is -0.826. The van der Waals surface area contributed by atoms with Crippen molar-refractivity contribution in [2.75, 3.05) is 18.4 Å². The van der Waals surface area contributed by atoms with Crippen molar-refractivity contribution in [2.24, 2.45) is 0 Å². The standard InChI is InChI=1S/C13H17BrFN3O4/c1-13(2,3)22-12(19)17-5-4-16-10-7-9(15)8(14)6-11(10)18(20)21/h6-7,16H,4-5H2,1-3H3,(H,17,19). The summed E-state index contributed by atoms with van der Waals surface area (Å²) in [7, 11) is 0. The number of hydrogen-bond donors (Lipinski definition) is 2. The van der Waals surface area contributed by atoms with E-state index in [1.165, 1.54) is 0 Å². The molecule has 1 amide bonds. The Morgan fingerprint density at radius 3 is 2.59 bits per heavy atom. The van der Waals surface area contributed by atoms with Gasteiger partial charge >= 0.3 is 6.09 Å². The van der Waals surface area contributed by atoms with Crippen molar-refractivity contribution in [3.63, 3.8) is 0 Å². The first kappa shape index (κ1) is 18.1. The molecular formula is C13H17BrFN3O4. The Morgan fingerprint density at radius 1 is 1.41 bits per heavy atom. The van der Waals surface area contributed by atoms with E-state index in [2.05, 4.69) is 26.6 Å². The molecule has 0 unspecified atom stereocenters. The summed E-state index contributed by atoms with van der Waals surface area (Å²) in [6, 6.07) is 2.11. The van der Waals surface area contributed by atoms with Crippen LogP contribution in [0.5, 0.6) is 0 Å². The normalized spacial score (nSPS) is 11.0. The molecule has 7 nitrogen and oxygen atoms in total. The monoisotopic (exact) mass is 377 g/mol. The van der Waals surface area contributed by atoms with Crippen molar-refractivity contribution >= 4 is 33.4 Å². The third-order valence-electron chi connectivity index (χ3n) is 2.34. The first-order valence-corrected chi connectivity index (χ1v) is 7.23. The number of nitro groups is 1. The van der Waals surface area contributed by atoms with Crippen molar-refractivity contribution in [1.82, 2.24) is 5.32 Å². The molecule has 0 atom stereocenters. The van der Waals surface area contributed by atoms with Gasteiger partial charge in [-0.15, -0.1) is 0 Å². The highest BCUT2D eigenvalue weighted by atomic mass is 79.9. The number of nitrogens with zero attached hydrogens (tertiary/aromatic N) is 1. The third kappa shape index (κ3) is 5.84. The average Bonchev–Trinajstić information content (AvgIpc) is 2.35. The van der Waals surface area contributed by atoms with Crippen molar-refractivity contribution in [3.8, 4) is 0 Å². The Morgan fingerprint density at radius 2 is 2.05 bits per heavy atom. The highest BCUT2D eigenvalue weighted by Crippen LogP contribution is 2.30. The SMILES string of the molecule is CC(C)(C)OC(=O)NCCNc1cc(F)c(Br)cc1[N+](=O)[O-]. The Balaban J connectivity index is 2.57. The second kappa shape index (κ2) is 7.39. The molecule has 0 aliphatic carbocycles. The molecule has 0 radical (unpaired) electrons. The smallest absolute Gasteiger partial charge is 0.407 e. The van der Waals surface area contributed by atoms with Gasteiger partial charge in [0.15, 0.2) is 0 Å². The maximum atomic E-state index is 13.4. The zero-order valence-electron chi connectivity index (χ0n) is 12.4. The van der Waals surface area contributed by atoms with Crippen LogP contribution in [0.25, 0.3) is 0 Å². The number of carbonyl (C=O) groups excluding carboxylic acids is 1. The van der Waals surface area contributed by atoms with Gasteiger partial charge in [-0.2, -0.15) is 0 Å². The summed E-state index contributed by atoms with van der Waals surface area (Å²) >= 11 is 2.90. The van der Waals surface area contributed by atoms with Crippen LogP contribution in [0.4, 0.5) is 20.6 Å². The molecule has 0 saturated heterocycles. The van der Waals surface area contributed by atoms with Gasteiger partial charge in [-0.3, -0.25) is 10.1 Å². The highest BCUT2D eigenvalue weighted by molar-refractivity contribution is 9.10. The number of nitro benzene ring substituents is 1. The molecule has 0 heterocycles. The van der Waals surface area contributed by atoms with Gasteiger partial charge in [0.05, 0.1) is 9.40 Å². The van der Waals surface area contributed by atoms with Crippen molar-refractivity contribution in [3.05, 3.63) is 32.5 Å². The van der Waals surface area contributed by atoms with Crippen LogP contribution in [0, 0.1) is 15.9 Å². The van der Waals surface area contributed by atoms with E-state index >= 15 is 0 Å². The molecule has 2 N–H and O–H groups in total. The van der Waals surface area contributed by atoms with Gasteiger partial charge < -0.3 is 15.4 Å². The molecule has 0 aromatic heterocycles. The second-order valence-electron chi connectivity index (χ2n) is 5.40. The number of ether oxygens (including phenoxy) is 1. The summed E-state index contributed by atoms with van der Waals surface area (Å²) in [4.78, 5) is 21.7. The number of anilines is 1. The molecule has 0 spiro atoms. The van der Waals surface area contributed by atoms with Crippen LogP contribution >= 0.6 is 15.9 Å². The van der Waals surface area contributed by atoms with Gasteiger partial charge in [0.1, 0.15) is 17.1 Å². The van der Waals surface area contributed by atoms with E-state index in [9.17, 15) is 19.3 Å². The predicted octanol–water partition coefficient (Wildman–Crippen LogP) is 3.43. The number of halogens is 2. The number of rotatable bonds is 5. The van der Waals surface area contributed by atoms with E-state index in [4.69, 9.17) is 4.74 Å². The Bertz CT molecular complexity index is 575. The Kier molecular flexibility index (Phi) is 6.10. The highest BCUT2D eigenvalue weighted by Gasteiger charge is 2.18. The summed E-state index contributed by atoms with van der Waals surface area (Å²) in [5.74, 6) is -0.617. The topological polar surface area (TPSA) is 93.5 Å². The lowest BCUT2D eigenvalue weighted by Crippen LogP contribution is -2.35. The number of carbonyl (C=O) groups is 1. The molecule has 122 valence electrons. The van der Waals surface area contributed by atoms with Gasteiger partial charge in [-0.1, -0.05) is 0 Å². The largest absolute Gasteiger partial charge is 0.444 e. The van der Waals surface area contributed by atoms with Crippen LogP contribution in [0.3, 0.4) is 0 Å². The van der Waals surface area contributed by atoms with Gasteiger partial charge in [0.2, 0.25) is 0 Å². The molecular weight excluding hydrogens is 361 g/mol. The molecule has 0 aliphatic rings. The lowest BCUT2D eigenvalue weighted by Gasteiger charge is -2.19. The fourth-order valence-corrected chi connectivity index (χ4v) is 1.84. The second-order valence-corrected chi connectivity index (χ2v) is 6.25. The first-order chi connectivity index (χ1) is 10.1. The zero-order valence-corrected chi connectivity index (χ0v) is 14.0. The molecule has 1 aromatic carbocycles. The summed E-state index contributed by atoms with van der Waals surface area (Å²) in [6.07, 6.45) is -0.592. The molecule has 0 saturated carbocycles. The molecule has 0 aliphatic heterocycles. The quantitative estimate of drug-likeness (QED) is 0.465. The van der Waals surface area contributed by atoms with E-state index in [-0.39, 0.29) is 28.9 Å². The molecule has 0 bridgehead atoms. The predicted molar refractivity (Wildman–Crippen MR) is 83.5 cm³/mol. The number of benzene rings is 1. The lowest BCUT2D eigenvalue weighted by molar-refractivity contribution is -0.384. The number of amides is 1. The summed E-state index contributed by atoms with van der Waals surface area (Å²) < 4.78 is 18.5. The third-order valence-corrected chi connectivity index (χ3v) is 2.95. The van der Waals surface area contributed by atoms with Crippen LogP contribution < -0.4 is 10.6 Å². The Hall–Kier alpha value is -1.90. The minimum absolute atomic E-state index is 0.0108. The van der Waals surface area contributed by atoms with Crippen LogP contribution in [0.1, 0.15) is 20.8 Å². The van der Waals surface area contributed by atoms with Crippen LogP contribution in [-0.4, -0.2) is 29.7 Å². The molecule has 0 fully saturated rings. The lowest BCUT2D eigenvalue weighted by atomic mass is 10.2. The van der Waals surface area contributed by atoms with Gasteiger partial charge in [-0.25, -0.2) is 9.18 Å². The van der Waals surface area contributed by atoms with E-state index < -0.39 is 22.4 Å². The summed E-state index contributed by atoms with van der Waals surface area (Å²) in [6.45, 7) is 5.56. The van der Waals surface area contributed by atoms with Crippen molar-refractivity contribution < 1.29 is 18.8 Å². The molecule has 9 heteroatoms. The Labute approximate surface area is 135 Å². The number of hydrogen-bond acceptors (Lipinski definition) is 5. The fraction of sp³-hybridized carbons (Fsp3) is 0.462. The maximum absolute atomic E-state index is 13.4. The fourth-order valence-electron chi connectivity index (χ4n) is 1.50. The van der Waals surface area contributed by atoms with Gasteiger partial charge in [0, 0.05) is 25.2 Å². The van der Waals surface area contributed by atoms with Gasteiger partial charge in [0.25, 0.3) is 5.69 Å². The van der Waals surface area contributed by atoms with Crippen LogP contribution in [0.15, 0.2) is 16.6 Å². The minimum Gasteiger partial charge on any atom is -0.444 e. The molecule has 22 heavy (non-hydrogen) atoms. The first-order valence-electron chi connectivity index (χ1n) is 6.44. The minimum atomic E-state index is -0.617. The van der Waals surface area contributed by atoms with Crippen LogP contribution in [0.2, 0.25) is 0 Å². The molecule has 1 rings (SSSR count). The van der Waals surface area contributed by atoms with E-state index in [0.717, 1.165) is 12.1 Å². The van der Waals surface area contributed by atoms with E-state index in [1.807, 2.05) is 0 Å². The van der Waals surface area contributed by atoms with Crippen molar-refractivity contribution in [1.29, 1.82) is 0 Å². The molecule has 1 aromatic rings.